The number of hydroxylamine groups is 1. The third-order valence-corrected chi connectivity index (χ3v) is 6.34. The summed E-state index contributed by atoms with van der Waals surface area (Å²) < 4.78 is 98.4. The van der Waals surface area contributed by atoms with Gasteiger partial charge < -0.3 is 4.90 Å². The van der Waals surface area contributed by atoms with E-state index in [0.29, 0.717) is 18.2 Å². The van der Waals surface area contributed by atoms with Gasteiger partial charge in [-0.2, -0.15) is 31.4 Å². The number of hydrogen-bond acceptors (Lipinski definition) is 5. The van der Waals surface area contributed by atoms with Crippen molar-refractivity contribution in [2.75, 3.05) is 13.1 Å². The van der Waals surface area contributed by atoms with Gasteiger partial charge in [-0.25, -0.2) is 4.39 Å². The predicted octanol–water partition coefficient (Wildman–Crippen LogP) is 4.34. The maximum absolute atomic E-state index is 15.3. The van der Waals surface area contributed by atoms with Crippen molar-refractivity contribution in [3.63, 3.8) is 0 Å². The Morgan fingerprint density at radius 3 is 2.45 bits per heavy atom. The highest BCUT2D eigenvalue weighted by atomic mass is 19.4. The summed E-state index contributed by atoms with van der Waals surface area (Å²) in [6.07, 6.45) is -5.15. The Labute approximate surface area is 210 Å². The lowest BCUT2D eigenvalue weighted by Gasteiger charge is -2.43. The van der Waals surface area contributed by atoms with Crippen LogP contribution >= 0.6 is 0 Å². The van der Waals surface area contributed by atoms with Crippen LogP contribution in [0.1, 0.15) is 22.4 Å². The molecule has 2 aromatic heterocycles. The summed E-state index contributed by atoms with van der Waals surface area (Å²) in [4.78, 5) is 22.4. The van der Waals surface area contributed by atoms with Crippen molar-refractivity contribution in [1.82, 2.24) is 25.1 Å². The van der Waals surface area contributed by atoms with Crippen molar-refractivity contribution in [1.29, 1.82) is 0 Å². The maximum atomic E-state index is 15.3. The third-order valence-electron chi connectivity index (χ3n) is 6.34. The average molecular weight is 541 g/mol. The molecule has 1 unspecified atom stereocenters. The van der Waals surface area contributed by atoms with Gasteiger partial charge >= 0.3 is 12.4 Å². The number of rotatable bonds is 5. The van der Waals surface area contributed by atoms with Crippen LogP contribution in [0.15, 0.2) is 67.1 Å². The van der Waals surface area contributed by atoms with Gasteiger partial charge in [0.15, 0.2) is 5.67 Å². The zero-order valence-corrected chi connectivity index (χ0v) is 19.2. The van der Waals surface area contributed by atoms with Crippen LogP contribution in [-0.4, -0.2) is 44.8 Å². The molecule has 2 aliphatic heterocycles. The molecular formula is C24H18F7N5O2. The molecule has 1 saturated heterocycles. The summed E-state index contributed by atoms with van der Waals surface area (Å²) in [6, 6.07) is 6.99. The first-order valence-electron chi connectivity index (χ1n) is 11.1. The van der Waals surface area contributed by atoms with Gasteiger partial charge in [0.25, 0.3) is 0 Å². The molecule has 7 nitrogen and oxygen atoms in total. The third kappa shape index (κ3) is 4.48. The van der Waals surface area contributed by atoms with Gasteiger partial charge in [0.1, 0.15) is 6.54 Å². The van der Waals surface area contributed by atoms with E-state index in [1.165, 1.54) is 27.9 Å². The Hall–Kier alpha value is -3.94. The smallest absolute Gasteiger partial charge is 0.334 e. The minimum atomic E-state index is -5.12. The Bertz CT molecular complexity index is 1360. The van der Waals surface area contributed by atoms with Crippen LogP contribution in [0, 0.1) is 0 Å². The largest absolute Gasteiger partial charge is 0.428 e. The second-order valence-electron chi connectivity index (χ2n) is 8.92. The summed E-state index contributed by atoms with van der Waals surface area (Å²) in [5, 5.41) is 3.92. The van der Waals surface area contributed by atoms with Gasteiger partial charge in [0.05, 0.1) is 30.0 Å². The van der Waals surface area contributed by atoms with E-state index in [9.17, 15) is 31.1 Å². The van der Waals surface area contributed by atoms with Crippen LogP contribution in [0.5, 0.6) is 0 Å². The summed E-state index contributed by atoms with van der Waals surface area (Å²) in [5.74, 6) is -0.339. The lowest BCUT2D eigenvalue weighted by molar-refractivity contribution is -0.269. The van der Waals surface area contributed by atoms with Crippen LogP contribution in [0.3, 0.4) is 0 Å². The number of carbonyl (C=O) groups is 1. The Balaban J connectivity index is 1.35. The standard InChI is InChI=1S/C24H18F7N5O2/c25-21(13-35(14-21)20(37)12-36-8-2-7-33-36)19-6-5-15(11-32-19)18-10-22(38-34-18,24(29,30)31)16-3-1-4-17(9-16)23(26,27)28/h1-11,34H,12-14H2. The number of benzene rings is 1. The van der Waals surface area contributed by atoms with Crippen molar-refractivity contribution >= 4 is 11.6 Å². The van der Waals surface area contributed by atoms with E-state index < -0.39 is 34.7 Å². The highest BCUT2D eigenvalue weighted by molar-refractivity contribution is 5.77. The SMILES string of the molecule is O=C(Cn1cccn1)N1CC(F)(c2ccc(C3=CC(c4cccc(C(F)(F)F)c4)(C(F)(F)F)ON3)cn2)C1. The topological polar surface area (TPSA) is 72.3 Å². The molecule has 3 aromatic rings. The first kappa shape index (κ1) is 25.7. The quantitative estimate of drug-likeness (QED) is 0.487. The van der Waals surface area contributed by atoms with E-state index in [0.717, 1.165) is 18.3 Å². The fraction of sp³-hybridized carbons (Fsp3) is 0.292. The highest BCUT2D eigenvalue weighted by Gasteiger charge is 2.60. The van der Waals surface area contributed by atoms with Gasteiger partial charge in [-0.1, -0.05) is 12.1 Å². The second-order valence-corrected chi connectivity index (χ2v) is 8.92. The van der Waals surface area contributed by atoms with Crippen molar-refractivity contribution < 1.29 is 40.4 Å². The number of likely N-dealkylation sites (tertiary alicyclic amines) is 1. The molecule has 0 radical (unpaired) electrons. The van der Waals surface area contributed by atoms with E-state index in [2.05, 4.69) is 15.6 Å². The molecule has 1 fully saturated rings. The van der Waals surface area contributed by atoms with Crippen molar-refractivity contribution in [3.8, 4) is 0 Å². The zero-order chi connectivity index (χ0) is 27.3. The summed E-state index contributed by atoms with van der Waals surface area (Å²) in [7, 11) is 0. The number of alkyl halides is 7. The van der Waals surface area contributed by atoms with Crippen LogP contribution in [0.25, 0.3) is 5.70 Å². The summed E-state index contributed by atoms with van der Waals surface area (Å²) >= 11 is 0. The van der Waals surface area contributed by atoms with Crippen LogP contribution in [-0.2, 0) is 33.6 Å². The molecule has 2 aliphatic rings. The number of nitrogens with zero attached hydrogens (tertiary/aromatic N) is 4. The Morgan fingerprint density at radius 1 is 1.08 bits per heavy atom. The molecule has 0 spiro atoms. The predicted molar refractivity (Wildman–Crippen MR) is 117 cm³/mol. The lowest BCUT2D eigenvalue weighted by atomic mass is 9.90. The Morgan fingerprint density at radius 2 is 1.84 bits per heavy atom. The molecule has 1 atom stereocenters. The van der Waals surface area contributed by atoms with E-state index in [4.69, 9.17) is 4.84 Å². The normalized spacial score (nSPS) is 21.0. The number of pyridine rings is 1. The number of amides is 1. The molecule has 14 heteroatoms. The van der Waals surface area contributed by atoms with Crippen LogP contribution < -0.4 is 5.48 Å². The van der Waals surface area contributed by atoms with Gasteiger partial charge in [-0.3, -0.25) is 24.8 Å². The molecule has 0 saturated carbocycles. The molecule has 38 heavy (non-hydrogen) atoms. The molecule has 4 heterocycles. The van der Waals surface area contributed by atoms with E-state index in [-0.39, 0.29) is 42.5 Å². The number of hydrogen-bond donors (Lipinski definition) is 1. The van der Waals surface area contributed by atoms with E-state index >= 15 is 4.39 Å². The zero-order valence-electron chi connectivity index (χ0n) is 19.2. The van der Waals surface area contributed by atoms with E-state index in [1.54, 1.807) is 12.3 Å². The summed E-state index contributed by atoms with van der Waals surface area (Å²) in [5.41, 5.74) is -5.21. The minimum absolute atomic E-state index is 0.0242. The van der Waals surface area contributed by atoms with Crippen molar-refractivity contribution in [2.45, 2.75) is 30.2 Å². The first-order valence-corrected chi connectivity index (χ1v) is 11.1. The fourth-order valence-electron chi connectivity index (χ4n) is 4.26. The molecule has 0 bridgehead atoms. The second kappa shape index (κ2) is 8.82. The lowest BCUT2D eigenvalue weighted by Crippen LogP contribution is -2.59. The maximum Gasteiger partial charge on any atom is 0.428 e. The number of aromatic nitrogens is 3. The van der Waals surface area contributed by atoms with Gasteiger partial charge in [-0.15, -0.1) is 0 Å². The molecule has 1 amide bonds. The number of halogens is 7. The van der Waals surface area contributed by atoms with Gasteiger partial charge in [0, 0.05) is 29.7 Å². The molecule has 1 N–H and O–H groups in total. The minimum Gasteiger partial charge on any atom is -0.334 e. The highest BCUT2D eigenvalue weighted by Crippen LogP contribution is 2.48. The summed E-state index contributed by atoms with van der Waals surface area (Å²) in [6.45, 7) is -0.561. The van der Waals surface area contributed by atoms with Crippen LogP contribution in [0.2, 0.25) is 0 Å². The Kier molecular flexibility index (Phi) is 5.97. The first-order chi connectivity index (χ1) is 17.8. The molecular weight excluding hydrogens is 523 g/mol. The fourth-order valence-corrected chi connectivity index (χ4v) is 4.26. The monoisotopic (exact) mass is 541 g/mol. The van der Waals surface area contributed by atoms with Crippen molar-refractivity contribution in [2.24, 2.45) is 0 Å². The number of nitrogens with one attached hydrogen (secondary N) is 1. The van der Waals surface area contributed by atoms with Crippen LogP contribution in [0.4, 0.5) is 30.7 Å². The molecule has 200 valence electrons. The van der Waals surface area contributed by atoms with E-state index in [1.807, 2.05) is 0 Å². The average Bonchev–Trinajstić information content (AvgIpc) is 3.52. The molecule has 5 rings (SSSR count). The van der Waals surface area contributed by atoms with Gasteiger partial charge in [-0.05, 0) is 36.4 Å². The van der Waals surface area contributed by atoms with Gasteiger partial charge in [0.2, 0.25) is 11.5 Å². The molecule has 0 aliphatic carbocycles. The van der Waals surface area contributed by atoms with Crippen molar-refractivity contribution in [3.05, 3.63) is 89.5 Å². The molecule has 1 aromatic carbocycles. The number of carbonyl (C=O) groups excluding carboxylic acids is 1.